The van der Waals surface area contributed by atoms with E-state index in [1.807, 2.05) is 13.8 Å². The fourth-order valence-electron chi connectivity index (χ4n) is 1.16. The Balaban J connectivity index is 3.30. The summed E-state index contributed by atoms with van der Waals surface area (Å²) in [5.74, 6) is 0.297. The monoisotopic (exact) mass is 184 g/mol. The van der Waals surface area contributed by atoms with Gasteiger partial charge in [-0.05, 0) is 25.7 Å². The summed E-state index contributed by atoms with van der Waals surface area (Å²) < 4.78 is 0. The van der Waals surface area contributed by atoms with Crippen LogP contribution in [-0.4, -0.2) is 11.2 Å². The molecule has 2 atom stereocenters. The summed E-state index contributed by atoms with van der Waals surface area (Å²) in [6.45, 7) is 6.12. The van der Waals surface area contributed by atoms with Crippen LogP contribution in [0.5, 0.6) is 0 Å². The van der Waals surface area contributed by atoms with Crippen molar-refractivity contribution < 1.29 is 5.11 Å². The third kappa shape index (κ3) is 8.04. The van der Waals surface area contributed by atoms with E-state index in [2.05, 4.69) is 19.1 Å². The van der Waals surface area contributed by atoms with Crippen molar-refractivity contribution >= 4 is 0 Å². The van der Waals surface area contributed by atoms with E-state index in [0.717, 1.165) is 6.42 Å². The summed E-state index contributed by atoms with van der Waals surface area (Å²) in [7, 11) is 0. The lowest BCUT2D eigenvalue weighted by atomic mass is 10.0. The lowest BCUT2D eigenvalue weighted by Crippen LogP contribution is -2.09. The highest BCUT2D eigenvalue weighted by Crippen LogP contribution is 2.07. The largest absolute Gasteiger partial charge is 0.393 e. The van der Waals surface area contributed by atoms with Crippen LogP contribution in [-0.2, 0) is 0 Å². The van der Waals surface area contributed by atoms with Crippen LogP contribution in [0.2, 0.25) is 0 Å². The Hall–Kier alpha value is -0.300. The molecule has 1 N–H and O–H groups in total. The zero-order valence-electron chi connectivity index (χ0n) is 9.29. The molecule has 0 aromatic carbocycles. The molecule has 0 aromatic heterocycles. The second-order valence-electron chi connectivity index (χ2n) is 3.88. The van der Waals surface area contributed by atoms with Crippen molar-refractivity contribution in [2.75, 3.05) is 0 Å². The van der Waals surface area contributed by atoms with Gasteiger partial charge in [-0.3, -0.25) is 0 Å². The number of hydrogen-bond acceptors (Lipinski definition) is 1. The molecule has 78 valence electrons. The highest BCUT2D eigenvalue weighted by molar-refractivity contribution is 4.88. The van der Waals surface area contributed by atoms with E-state index in [9.17, 15) is 5.11 Å². The molecule has 0 spiro atoms. The molecule has 0 radical (unpaired) electrons. The Kier molecular flexibility index (Phi) is 8.11. The minimum absolute atomic E-state index is 0.216. The molecule has 0 aliphatic heterocycles. The highest BCUT2D eigenvalue weighted by atomic mass is 16.3. The van der Waals surface area contributed by atoms with E-state index in [-0.39, 0.29) is 6.10 Å². The molecule has 0 fully saturated rings. The first-order valence-corrected chi connectivity index (χ1v) is 5.53. The van der Waals surface area contributed by atoms with Crippen molar-refractivity contribution in [2.24, 2.45) is 5.92 Å². The summed E-state index contributed by atoms with van der Waals surface area (Å²) in [6, 6.07) is 0. The molecule has 0 saturated heterocycles. The van der Waals surface area contributed by atoms with Gasteiger partial charge >= 0.3 is 0 Å². The van der Waals surface area contributed by atoms with Gasteiger partial charge in [0.2, 0.25) is 0 Å². The van der Waals surface area contributed by atoms with Gasteiger partial charge in [0.1, 0.15) is 0 Å². The summed E-state index contributed by atoms with van der Waals surface area (Å²) in [4.78, 5) is 0. The molecule has 0 rings (SSSR count). The first kappa shape index (κ1) is 12.7. The Morgan fingerprint density at radius 2 is 1.85 bits per heavy atom. The van der Waals surface area contributed by atoms with Gasteiger partial charge in [-0.2, -0.15) is 0 Å². The van der Waals surface area contributed by atoms with Crippen molar-refractivity contribution in [1.29, 1.82) is 0 Å². The average Bonchev–Trinajstić information content (AvgIpc) is 2.10. The van der Waals surface area contributed by atoms with Gasteiger partial charge in [0, 0.05) is 0 Å². The Morgan fingerprint density at radius 3 is 2.38 bits per heavy atom. The molecule has 1 nitrogen and oxygen atoms in total. The van der Waals surface area contributed by atoms with Gasteiger partial charge in [0.25, 0.3) is 0 Å². The molecule has 0 aliphatic rings. The van der Waals surface area contributed by atoms with E-state index in [1.165, 1.54) is 25.7 Å². The minimum Gasteiger partial charge on any atom is -0.393 e. The van der Waals surface area contributed by atoms with Crippen LogP contribution in [0.1, 0.15) is 52.9 Å². The number of aliphatic hydroxyl groups excluding tert-OH is 1. The van der Waals surface area contributed by atoms with Crippen molar-refractivity contribution in [3.63, 3.8) is 0 Å². The first-order valence-electron chi connectivity index (χ1n) is 5.53. The molecule has 0 bridgehead atoms. The standard InChI is InChI=1S/C12H24O/c1-4-5-6-7-8-9-10-11(2)12(3)13/h9-13H,4-8H2,1-3H3/b10-9+/t11-,12-/m0/s1. The normalized spacial score (nSPS) is 16.3. The van der Waals surface area contributed by atoms with Crippen LogP contribution in [0.15, 0.2) is 12.2 Å². The Morgan fingerprint density at radius 1 is 1.15 bits per heavy atom. The maximum Gasteiger partial charge on any atom is 0.0572 e. The molecule has 1 heteroatoms. The van der Waals surface area contributed by atoms with Crippen LogP contribution in [0.4, 0.5) is 0 Å². The summed E-state index contributed by atoms with van der Waals surface area (Å²) in [6.07, 6.45) is 10.5. The lowest BCUT2D eigenvalue weighted by molar-refractivity contribution is 0.157. The van der Waals surface area contributed by atoms with Crippen LogP contribution in [0, 0.1) is 5.92 Å². The maximum atomic E-state index is 9.21. The second-order valence-corrected chi connectivity index (χ2v) is 3.88. The molecular weight excluding hydrogens is 160 g/mol. The van der Waals surface area contributed by atoms with Gasteiger partial charge in [-0.15, -0.1) is 0 Å². The van der Waals surface area contributed by atoms with E-state index in [0.29, 0.717) is 5.92 Å². The predicted octanol–water partition coefficient (Wildman–Crippen LogP) is 3.53. The van der Waals surface area contributed by atoms with Crippen molar-refractivity contribution in [2.45, 2.75) is 59.0 Å². The molecule has 0 saturated carbocycles. The predicted molar refractivity (Wildman–Crippen MR) is 58.7 cm³/mol. The Labute approximate surface area is 82.9 Å². The molecule has 0 heterocycles. The fourth-order valence-corrected chi connectivity index (χ4v) is 1.16. The zero-order valence-corrected chi connectivity index (χ0v) is 9.29. The smallest absolute Gasteiger partial charge is 0.0572 e. The second kappa shape index (κ2) is 8.31. The summed E-state index contributed by atoms with van der Waals surface area (Å²) in [5, 5.41) is 9.21. The number of unbranched alkanes of at least 4 members (excludes halogenated alkanes) is 4. The molecule has 0 aromatic rings. The van der Waals surface area contributed by atoms with Crippen LogP contribution in [0.25, 0.3) is 0 Å². The van der Waals surface area contributed by atoms with E-state index in [1.54, 1.807) is 0 Å². The van der Waals surface area contributed by atoms with Gasteiger partial charge in [0.05, 0.1) is 6.10 Å². The number of aliphatic hydroxyl groups is 1. The quantitative estimate of drug-likeness (QED) is 0.474. The summed E-state index contributed by atoms with van der Waals surface area (Å²) in [5.41, 5.74) is 0. The third-order valence-electron chi connectivity index (χ3n) is 2.42. The third-order valence-corrected chi connectivity index (χ3v) is 2.42. The van der Waals surface area contributed by atoms with E-state index in [4.69, 9.17) is 0 Å². The van der Waals surface area contributed by atoms with Crippen molar-refractivity contribution in [3.05, 3.63) is 12.2 Å². The molecule has 0 amide bonds. The van der Waals surface area contributed by atoms with Gasteiger partial charge < -0.3 is 5.11 Å². The maximum absolute atomic E-state index is 9.21. The Bertz CT molecular complexity index is 127. The highest BCUT2D eigenvalue weighted by Gasteiger charge is 2.02. The number of allylic oxidation sites excluding steroid dienone is 1. The molecule has 13 heavy (non-hydrogen) atoms. The van der Waals surface area contributed by atoms with Crippen molar-refractivity contribution in [3.8, 4) is 0 Å². The summed E-state index contributed by atoms with van der Waals surface area (Å²) >= 11 is 0. The SMILES string of the molecule is CCCCCC/C=C/[C@H](C)[C@H](C)O. The van der Waals surface area contributed by atoms with Crippen LogP contribution < -0.4 is 0 Å². The van der Waals surface area contributed by atoms with Gasteiger partial charge in [-0.1, -0.05) is 45.3 Å². The molecular formula is C12H24O. The zero-order chi connectivity index (χ0) is 10.1. The van der Waals surface area contributed by atoms with Crippen LogP contribution in [0.3, 0.4) is 0 Å². The number of rotatable bonds is 7. The number of hydrogen-bond donors (Lipinski definition) is 1. The van der Waals surface area contributed by atoms with Gasteiger partial charge in [-0.25, -0.2) is 0 Å². The fraction of sp³-hybridized carbons (Fsp3) is 0.833. The lowest BCUT2D eigenvalue weighted by Gasteiger charge is -2.08. The molecule has 0 unspecified atom stereocenters. The minimum atomic E-state index is -0.216. The first-order chi connectivity index (χ1) is 6.18. The van der Waals surface area contributed by atoms with Gasteiger partial charge in [0.15, 0.2) is 0 Å². The van der Waals surface area contributed by atoms with Crippen molar-refractivity contribution in [1.82, 2.24) is 0 Å². The van der Waals surface area contributed by atoms with E-state index >= 15 is 0 Å². The average molecular weight is 184 g/mol. The molecule has 0 aliphatic carbocycles. The topological polar surface area (TPSA) is 20.2 Å². The van der Waals surface area contributed by atoms with E-state index < -0.39 is 0 Å². The van der Waals surface area contributed by atoms with Crippen LogP contribution >= 0.6 is 0 Å².